The van der Waals surface area contributed by atoms with Crippen LogP contribution in [0.1, 0.15) is 36.5 Å². The monoisotopic (exact) mass is 250 g/mol. The molecular weight excluding hydrogens is 232 g/mol. The third-order valence-electron chi connectivity index (χ3n) is 5.00. The molecular formula is C18H18O. The molecule has 0 amide bonds. The predicted molar refractivity (Wildman–Crippen MR) is 76.2 cm³/mol. The smallest absolute Gasteiger partial charge is 0.0907 e. The first-order chi connectivity index (χ1) is 9.25. The maximum absolute atomic E-state index is 6.25. The Balaban J connectivity index is 1.99. The summed E-state index contributed by atoms with van der Waals surface area (Å²) >= 11 is 0. The van der Waals surface area contributed by atoms with E-state index in [2.05, 4.69) is 61.5 Å². The van der Waals surface area contributed by atoms with Crippen LogP contribution in [0.4, 0.5) is 0 Å². The van der Waals surface area contributed by atoms with Crippen LogP contribution in [0.2, 0.25) is 0 Å². The minimum atomic E-state index is -0.0763. The molecule has 0 radical (unpaired) electrons. The van der Waals surface area contributed by atoms with Crippen LogP contribution in [-0.4, -0.2) is 6.61 Å². The standard InChI is InChI=1S/C18H18O/c1-17-11-12-18(13-19-17,14-7-3-2-4-8-14)16-10-6-5-9-15(16)17/h2-10H,11-13H2,1H3. The molecule has 2 heterocycles. The lowest BCUT2D eigenvalue weighted by molar-refractivity contribution is -0.114. The van der Waals surface area contributed by atoms with Crippen LogP contribution in [-0.2, 0) is 15.8 Å². The molecule has 96 valence electrons. The molecule has 1 saturated heterocycles. The fourth-order valence-corrected chi connectivity index (χ4v) is 3.81. The average Bonchev–Trinajstić information content (AvgIpc) is 2.49. The Hall–Kier alpha value is -1.60. The van der Waals surface area contributed by atoms with Gasteiger partial charge in [0.1, 0.15) is 0 Å². The summed E-state index contributed by atoms with van der Waals surface area (Å²) in [6.07, 6.45) is 2.30. The van der Waals surface area contributed by atoms with E-state index in [9.17, 15) is 0 Å². The Labute approximate surface area is 114 Å². The zero-order valence-corrected chi connectivity index (χ0v) is 11.2. The molecule has 2 bridgehead atoms. The van der Waals surface area contributed by atoms with Gasteiger partial charge in [0.05, 0.1) is 12.2 Å². The van der Waals surface area contributed by atoms with Crippen molar-refractivity contribution in [1.29, 1.82) is 0 Å². The minimum absolute atomic E-state index is 0.0651. The van der Waals surface area contributed by atoms with Crippen LogP contribution < -0.4 is 0 Å². The molecule has 5 rings (SSSR count). The molecule has 19 heavy (non-hydrogen) atoms. The summed E-state index contributed by atoms with van der Waals surface area (Å²) in [5.41, 5.74) is 4.24. The first-order valence-electron chi connectivity index (χ1n) is 7.04. The summed E-state index contributed by atoms with van der Waals surface area (Å²) < 4.78 is 6.25. The number of hydrogen-bond donors (Lipinski definition) is 0. The second kappa shape index (κ2) is 3.71. The second-order valence-electron chi connectivity index (χ2n) is 6.01. The van der Waals surface area contributed by atoms with Gasteiger partial charge < -0.3 is 4.74 Å². The molecule has 1 heteroatoms. The van der Waals surface area contributed by atoms with Crippen molar-refractivity contribution < 1.29 is 4.74 Å². The van der Waals surface area contributed by atoms with Crippen LogP contribution >= 0.6 is 0 Å². The van der Waals surface area contributed by atoms with Crippen molar-refractivity contribution in [2.75, 3.05) is 6.61 Å². The van der Waals surface area contributed by atoms with Crippen molar-refractivity contribution in [3.8, 4) is 0 Å². The Bertz CT molecular complexity index is 607. The van der Waals surface area contributed by atoms with E-state index in [0.717, 1.165) is 13.0 Å². The predicted octanol–water partition coefficient (Wildman–Crippen LogP) is 4.01. The first kappa shape index (κ1) is 11.2. The highest BCUT2D eigenvalue weighted by Gasteiger charge is 2.51. The topological polar surface area (TPSA) is 9.23 Å². The summed E-state index contributed by atoms with van der Waals surface area (Å²) in [5.74, 6) is 0. The van der Waals surface area contributed by atoms with E-state index in [1.165, 1.54) is 23.1 Å². The average molecular weight is 250 g/mol. The first-order valence-corrected chi connectivity index (χ1v) is 7.04. The Kier molecular flexibility index (Phi) is 2.19. The van der Waals surface area contributed by atoms with Gasteiger partial charge in [0.15, 0.2) is 0 Å². The summed E-state index contributed by atoms with van der Waals surface area (Å²) in [6, 6.07) is 19.7. The number of ether oxygens (including phenoxy) is 1. The highest BCUT2D eigenvalue weighted by molar-refractivity contribution is 5.50. The van der Waals surface area contributed by atoms with Crippen molar-refractivity contribution in [1.82, 2.24) is 0 Å². The third-order valence-corrected chi connectivity index (χ3v) is 5.00. The van der Waals surface area contributed by atoms with Gasteiger partial charge in [-0.2, -0.15) is 0 Å². The molecule has 1 fully saturated rings. The molecule has 2 aliphatic heterocycles. The maximum atomic E-state index is 6.25. The van der Waals surface area contributed by atoms with E-state index in [-0.39, 0.29) is 11.0 Å². The molecule has 1 nitrogen and oxygen atoms in total. The highest BCUT2D eigenvalue weighted by atomic mass is 16.5. The zero-order chi connectivity index (χ0) is 12.9. The fourth-order valence-electron chi connectivity index (χ4n) is 3.81. The molecule has 2 unspecified atom stereocenters. The quantitative estimate of drug-likeness (QED) is 0.743. The van der Waals surface area contributed by atoms with Gasteiger partial charge in [-0.15, -0.1) is 0 Å². The number of rotatable bonds is 1. The van der Waals surface area contributed by atoms with Crippen LogP contribution in [0.3, 0.4) is 0 Å². The Morgan fingerprint density at radius 3 is 2.21 bits per heavy atom. The van der Waals surface area contributed by atoms with Gasteiger partial charge in [-0.3, -0.25) is 0 Å². The summed E-state index contributed by atoms with van der Waals surface area (Å²) in [4.78, 5) is 0. The second-order valence-corrected chi connectivity index (χ2v) is 6.01. The summed E-state index contributed by atoms with van der Waals surface area (Å²) in [6.45, 7) is 3.05. The summed E-state index contributed by atoms with van der Waals surface area (Å²) in [5, 5.41) is 0. The Morgan fingerprint density at radius 1 is 0.842 bits per heavy atom. The van der Waals surface area contributed by atoms with Crippen LogP contribution in [0.15, 0.2) is 54.6 Å². The molecule has 2 aromatic rings. The van der Waals surface area contributed by atoms with E-state index >= 15 is 0 Å². The highest BCUT2D eigenvalue weighted by Crippen LogP contribution is 2.54. The zero-order valence-electron chi connectivity index (χ0n) is 11.2. The molecule has 2 atom stereocenters. The molecule has 2 aromatic carbocycles. The largest absolute Gasteiger partial charge is 0.369 e. The molecule has 1 aliphatic carbocycles. The van der Waals surface area contributed by atoms with E-state index in [1.807, 2.05) is 0 Å². The number of hydrogen-bond acceptors (Lipinski definition) is 1. The van der Waals surface area contributed by atoms with Crippen molar-refractivity contribution in [2.45, 2.75) is 30.8 Å². The van der Waals surface area contributed by atoms with Gasteiger partial charge in [0.25, 0.3) is 0 Å². The van der Waals surface area contributed by atoms with E-state index < -0.39 is 0 Å². The molecule has 3 aliphatic rings. The normalized spacial score (nSPS) is 32.1. The molecule has 0 N–H and O–H groups in total. The van der Waals surface area contributed by atoms with Gasteiger partial charge in [-0.1, -0.05) is 54.6 Å². The molecule has 0 aromatic heterocycles. The number of benzene rings is 2. The van der Waals surface area contributed by atoms with Gasteiger partial charge in [0, 0.05) is 5.41 Å². The van der Waals surface area contributed by atoms with Gasteiger partial charge in [0.2, 0.25) is 0 Å². The molecule has 0 saturated carbocycles. The lowest BCUT2D eigenvalue weighted by atomic mass is 9.60. The lowest BCUT2D eigenvalue weighted by Crippen LogP contribution is -2.51. The van der Waals surface area contributed by atoms with E-state index in [0.29, 0.717) is 0 Å². The molecule has 0 spiro atoms. The van der Waals surface area contributed by atoms with Crippen LogP contribution in [0, 0.1) is 0 Å². The van der Waals surface area contributed by atoms with E-state index in [1.54, 1.807) is 0 Å². The lowest BCUT2D eigenvalue weighted by Gasteiger charge is -2.53. The van der Waals surface area contributed by atoms with Gasteiger partial charge >= 0.3 is 0 Å². The van der Waals surface area contributed by atoms with Crippen molar-refractivity contribution >= 4 is 0 Å². The van der Waals surface area contributed by atoms with E-state index in [4.69, 9.17) is 4.74 Å². The van der Waals surface area contributed by atoms with Gasteiger partial charge in [-0.25, -0.2) is 0 Å². The third kappa shape index (κ3) is 1.39. The van der Waals surface area contributed by atoms with Crippen molar-refractivity contribution in [2.24, 2.45) is 0 Å². The van der Waals surface area contributed by atoms with Crippen LogP contribution in [0.25, 0.3) is 0 Å². The number of fused-ring (bicyclic) bond motifs is 2. The van der Waals surface area contributed by atoms with Crippen molar-refractivity contribution in [3.63, 3.8) is 0 Å². The fraction of sp³-hybridized carbons (Fsp3) is 0.333. The SMILES string of the molecule is CC12CCC(c3ccccc3)(CO1)c1ccccc12. The Morgan fingerprint density at radius 2 is 1.53 bits per heavy atom. The maximum Gasteiger partial charge on any atom is 0.0907 e. The van der Waals surface area contributed by atoms with Crippen molar-refractivity contribution in [3.05, 3.63) is 71.3 Å². The summed E-state index contributed by atoms with van der Waals surface area (Å²) in [7, 11) is 0. The minimum Gasteiger partial charge on any atom is -0.369 e. The van der Waals surface area contributed by atoms with Crippen LogP contribution in [0.5, 0.6) is 0 Å². The van der Waals surface area contributed by atoms with Gasteiger partial charge in [-0.05, 0) is 36.5 Å².